The smallest absolute Gasteiger partial charge is 0.164 e. The number of aromatic nitrogens is 3. The highest BCUT2D eigenvalue weighted by molar-refractivity contribution is 6.32. The number of nitrogens with zero attached hydrogens (tertiary/aromatic N) is 3. The minimum atomic E-state index is 0.651. The molecule has 12 rings (SSSR count). The molecule has 0 aliphatic heterocycles. The van der Waals surface area contributed by atoms with Crippen LogP contribution in [0.25, 0.3) is 121 Å². The molecule has 3 nitrogen and oxygen atoms in total. The van der Waals surface area contributed by atoms with Crippen LogP contribution in [0.15, 0.2) is 212 Å². The van der Waals surface area contributed by atoms with Gasteiger partial charge in [-0.25, -0.2) is 15.0 Å². The third-order valence-electron chi connectivity index (χ3n) is 12.1. The molecule has 0 N–H and O–H groups in total. The number of benzene rings is 10. The largest absolute Gasteiger partial charge is 0.208 e. The molecule has 12 aromatic rings. The van der Waals surface area contributed by atoms with Gasteiger partial charge < -0.3 is 0 Å². The third kappa shape index (κ3) is 5.55. The fourth-order valence-electron chi connectivity index (χ4n) is 9.26. The van der Waals surface area contributed by atoms with Gasteiger partial charge in [-0.1, -0.05) is 200 Å². The lowest BCUT2D eigenvalue weighted by molar-refractivity contribution is 1.08. The van der Waals surface area contributed by atoms with Gasteiger partial charge in [0.2, 0.25) is 0 Å². The maximum Gasteiger partial charge on any atom is 0.164 e. The van der Waals surface area contributed by atoms with Gasteiger partial charge in [-0.15, -0.1) is 0 Å². The average Bonchev–Trinajstić information content (AvgIpc) is 3.33. The first kappa shape index (κ1) is 34.1. The Hall–Kier alpha value is -8.01. The van der Waals surface area contributed by atoms with Crippen molar-refractivity contribution in [2.45, 2.75) is 0 Å². The monoisotopic (exact) mass is 761 g/mol. The Morgan fingerprint density at radius 3 is 1.25 bits per heavy atom. The molecule has 0 radical (unpaired) electrons. The first-order valence-corrected chi connectivity index (χ1v) is 20.4. The summed E-state index contributed by atoms with van der Waals surface area (Å²) in [4.78, 5) is 15.0. The van der Waals surface area contributed by atoms with E-state index < -0.39 is 0 Å². The van der Waals surface area contributed by atoms with Gasteiger partial charge in [0.15, 0.2) is 17.5 Å². The summed E-state index contributed by atoms with van der Waals surface area (Å²) in [6.07, 6.45) is 0. The van der Waals surface area contributed by atoms with Gasteiger partial charge in [0.05, 0.1) is 0 Å². The standard InChI is InChI=1S/C57H35N3/c1-3-13-40(14-4-1)55-58-56(41-15-5-2-6-16-41)60-57(59-55)51-34-33-43(44-19-7-9-21-46(44)51)37-27-25-36(26-28-37)42-31-32-48-50-24-12-18-39-30-29-38-17-11-23-49(53(38)54(39)50)45-20-8-10-22-47(45)52(48)35-42/h1-35H. The van der Waals surface area contributed by atoms with Crippen LogP contribution in [0.1, 0.15) is 0 Å². The van der Waals surface area contributed by atoms with Crippen molar-refractivity contribution in [1.82, 2.24) is 15.0 Å². The highest BCUT2D eigenvalue weighted by Gasteiger charge is 2.17. The summed E-state index contributed by atoms with van der Waals surface area (Å²) in [7, 11) is 0. The second kappa shape index (κ2) is 13.8. The zero-order valence-corrected chi connectivity index (χ0v) is 32.5. The predicted molar refractivity (Wildman–Crippen MR) is 252 cm³/mol. The Kier molecular flexibility index (Phi) is 7.85. The van der Waals surface area contributed by atoms with E-state index in [9.17, 15) is 0 Å². The molecule has 278 valence electrons. The molecular weight excluding hydrogens is 727 g/mol. The van der Waals surface area contributed by atoms with E-state index in [-0.39, 0.29) is 0 Å². The maximum absolute atomic E-state index is 5.06. The SMILES string of the molecule is c1ccc(-c2nc(-c3ccccc3)nc(-c3ccc(-c4ccc(-c5ccc6c(c5)c5ccccc5c5cccc7ccc8cccc6c8c75)cc4)c4ccccc34)n2)cc1. The Bertz CT molecular complexity index is 3580. The van der Waals surface area contributed by atoms with E-state index in [1.807, 2.05) is 60.7 Å². The number of rotatable bonds is 5. The highest BCUT2D eigenvalue weighted by Crippen LogP contribution is 2.42. The number of hydrogen-bond donors (Lipinski definition) is 0. The van der Waals surface area contributed by atoms with E-state index in [1.165, 1.54) is 65.0 Å². The van der Waals surface area contributed by atoms with Gasteiger partial charge in [0.25, 0.3) is 0 Å². The van der Waals surface area contributed by atoms with Crippen LogP contribution >= 0.6 is 0 Å². The summed E-state index contributed by atoms with van der Waals surface area (Å²) in [6, 6.07) is 76.1. The third-order valence-corrected chi connectivity index (χ3v) is 12.1. The molecule has 1 heterocycles. The van der Waals surface area contributed by atoms with E-state index in [4.69, 9.17) is 15.0 Å². The zero-order valence-electron chi connectivity index (χ0n) is 32.5. The van der Waals surface area contributed by atoms with Crippen LogP contribution in [0, 0.1) is 0 Å². The topological polar surface area (TPSA) is 38.7 Å². The van der Waals surface area contributed by atoms with Crippen molar-refractivity contribution < 1.29 is 0 Å². The van der Waals surface area contributed by atoms with Crippen LogP contribution in [0.2, 0.25) is 0 Å². The van der Waals surface area contributed by atoms with E-state index >= 15 is 0 Å². The average molecular weight is 762 g/mol. The lowest BCUT2D eigenvalue weighted by Crippen LogP contribution is -2.00. The van der Waals surface area contributed by atoms with E-state index in [1.54, 1.807) is 0 Å². The summed E-state index contributed by atoms with van der Waals surface area (Å²) in [6.45, 7) is 0. The second-order valence-electron chi connectivity index (χ2n) is 15.5. The molecule has 0 bridgehead atoms. The molecule has 0 amide bonds. The summed E-state index contributed by atoms with van der Waals surface area (Å²) in [5.41, 5.74) is 7.55. The molecule has 0 spiro atoms. The summed E-state index contributed by atoms with van der Waals surface area (Å²) < 4.78 is 0. The summed E-state index contributed by atoms with van der Waals surface area (Å²) in [5.74, 6) is 1.95. The van der Waals surface area contributed by atoms with Gasteiger partial charge in [0, 0.05) is 16.7 Å². The molecule has 1 aromatic heterocycles. The lowest BCUT2D eigenvalue weighted by Gasteiger charge is -2.15. The van der Waals surface area contributed by atoms with Gasteiger partial charge >= 0.3 is 0 Å². The summed E-state index contributed by atoms with van der Waals surface area (Å²) >= 11 is 0. The Morgan fingerprint density at radius 1 is 0.217 bits per heavy atom. The zero-order chi connectivity index (χ0) is 39.6. The van der Waals surface area contributed by atoms with Crippen molar-refractivity contribution in [3.05, 3.63) is 212 Å². The Balaban J connectivity index is 0.986. The quantitative estimate of drug-likeness (QED) is 0.164. The molecule has 0 saturated heterocycles. The van der Waals surface area contributed by atoms with Crippen LogP contribution in [0.5, 0.6) is 0 Å². The van der Waals surface area contributed by atoms with E-state index in [0.717, 1.165) is 38.6 Å². The first-order valence-electron chi connectivity index (χ1n) is 20.4. The molecule has 0 aliphatic rings. The molecular formula is C57H35N3. The Labute approximate surface area is 346 Å². The second-order valence-corrected chi connectivity index (χ2v) is 15.5. The first-order chi connectivity index (χ1) is 29.7. The minimum Gasteiger partial charge on any atom is -0.208 e. The van der Waals surface area contributed by atoms with Gasteiger partial charge in [-0.05, 0) is 99.0 Å². The lowest BCUT2D eigenvalue weighted by atomic mass is 9.89. The number of fused-ring (bicyclic) bond motifs is 6. The van der Waals surface area contributed by atoms with Crippen molar-refractivity contribution in [2.75, 3.05) is 0 Å². The molecule has 3 heteroatoms. The van der Waals surface area contributed by atoms with Crippen LogP contribution in [0.3, 0.4) is 0 Å². The fourth-order valence-corrected chi connectivity index (χ4v) is 9.26. The van der Waals surface area contributed by atoms with Gasteiger partial charge in [0.1, 0.15) is 0 Å². The predicted octanol–water partition coefficient (Wildman–Crippen LogP) is 15.1. The minimum absolute atomic E-state index is 0.651. The van der Waals surface area contributed by atoms with E-state index in [0.29, 0.717) is 17.5 Å². The molecule has 60 heavy (non-hydrogen) atoms. The Morgan fingerprint density at radius 2 is 0.650 bits per heavy atom. The molecule has 0 aliphatic carbocycles. The highest BCUT2D eigenvalue weighted by atomic mass is 15.0. The van der Waals surface area contributed by atoms with Crippen molar-refractivity contribution in [3.8, 4) is 56.4 Å². The van der Waals surface area contributed by atoms with Crippen LogP contribution in [0.4, 0.5) is 0 Å². The maximum atomic E-state index is 5.06. The van der Waals surface area contributed by atoms with Crippen molar-refractivity contribution in [2.24, 2.45) is 0 Å². The molecule has 0 fully saturated rings. The molecule has 0 saturated carbocycles. The van der Waals surface area contributed by atoms with Crippen LogP contribution < -0.4 is 0 Å². The van der Waals surface area contributed by atoms with E-state index in [2.05, 4.69) is 152 Å². The summed E-state index contributed by atoms with van der Waals surface area (Å²) in [5, 5.41) is 15.0. The van der Waals surface area contributed by atoms with Gasteiger partial charge in [-0.2, -0.15) is 0 Å². The van der Waals surface area contributed by atoms with Crippen LogP contribution in [-0.2, 0) is 0 Å². The van der Waals surface area contributed by atoms with Crippen molar-refractivity contribution >= 4 is 64.6 Å². The molecule has 0 unspecified atom stereocenters. The van der Waals surface area contributed by atoms with Gasteiger partial charge in [-0.3, -0.25) is 0 Å². The van der Waals surface area contributed by atoms with Crippen molar-refractivity contribution in [1.29, 1.82) is 0 Å². The normalized spacial score (nSPS) is 11.7. The van der Waals surface area contributed by atoms with Crippen molar-refractivity contribution in [3.63, 3.8) is 0 Å². The van der Waals surface area contributed by atoms with Crippen LogP contribution in [-0.4, -0.2) is 15.0 Å². The fraction of sp³-hybridized carbons (Fsp3) is 0. The number of hydrogen-bond acceptors (Lipinski definition) is 3. The molecule has 11 aromatic carbocycles. The molecule has 0 atom stereocenters.